The van der Waals surface area contributed by atoms with E-state index >= 15 is 0 Å². The van der Waals surface area contributed by atoms with Crippen molar-refractivity contribution in [2.24, 2.45) is 0 Å². The van der Waals surface area contributed by atoms with Gasteiger partial charge >= 0.3 is 0 Å². The van der Waals surface area contributed by atoms with Crippen molar-refractivity contribution in [3.8, 4) is 0 Å². The van der Waals surface area contributed by atoms with E-state index in [0.29, 0.717) is 5.66 Å². The maximum absolute atomic E-state index is 13.6. The molecule has 1 rings (SSSR count). The van der Waals surface area contributed by atoms with Crippen molar-refractivity contribution in [2.75, 3.05) is 6.16 Å². The zero-order valence-electron chi connectivity index (χ0n) is 14.9. The zero-order valence-corrected chi connectivity index (χ0v) is 15.8. The third-order valence-electron chi connectivity index (χ3n) is 4.72. The molecule has 22 heavy (non-hydrogen) atoms. The Labute approximate surface area is 138 Å². The Balaban J connectivity index is 2.58. The second-order valence-electron chi connectivity index (χ2n) is 6.61. The van der Waals surface area contributed by atoms with Gasteiger partial charge in [0.15, 0.2) is 0 Å². The molecule has 0 N–H and O–H groups in total. The van der Waals surface area contributed by atoms with E-state index in [1.165, 1.54) is 38.5 Å². The molecule has 0 aliphatic heterocycles. The molecule has 0 radical (unpaired) electrons. The maximum Gasteiger partial charge on any atom is 0.118 e. The second-order valence-corrected chi connectivity index (χ2v) is 10.1. The third kappa shape index (κ3) is 6.29. The van der Waals surface area contributed by atoms with E-state index in [1.54, 1.807) is 0 Å². The van der Waals surface area contributed by atoms with Crippen LogP contribution in [0.5, 0.6) is 0 Å². The minimum absolute atomic E-state index is 0.327. The molecule has 0 aromatic heterocycles. The fourth-order valence-electron chi connectivity index (χ4n) is 3.11. The van der Waals surface area contributed by atoms with Gasteiger partial charge in [-0.1, -0.05) is 96.0 Å². The fraction of sp³-hybridized carbons (Fsp3) is 0.700. The van der Waals surface area contributed by atoms with E-state index in [-0.39, 0.29) is 0 Å². The quantitative estimate of drug-likeness (QED) is 0.312. The summed E-state index contributed by atoms with van der Waals surface area (Å²) in [5.74, 6) is 0. The highest BCUT2D eigenvalue weighted by molar-refractivity contribution is 7.72. The van der Waals surface area contributed by atoms with E-state index in [4.69, 9.17) is 0 Å². The minimum atomic E-state index is -2.24. The summed E-state index contributed by atoms with van der Waals surface area (Å²) in [4.78, 5) is 0. The highest BCUT2D eigenvalue weighted by Crippen LogP contribution is 2.52. The van der Waals surface area contributed by atoms with Gasteiger partial charge in [0, 0.05) is 17.1 Å². The highest BCUT2D eigenvalue weighted by atomic mass is 31.2. The average Bonchev–Trinajstić information content (AvgIpc) is 2.56. The van der Waals surface area contributed by atoms with Crippen LogP contribution in [0.4, 0.5) is 0 Å². The number of hydrogen-bond acceptors (Lipinski definition) is 1. The van der Waals surface area contributed by atoms with Gasteiger partial charge in [0.1, 0.15) is 7.14 Å². The summed E-state index contributed by atoms with van der Waals surface area (Å²) in [5.41, 5.74) is 0.327. The monoisotopic (exact) mass is 322 g/mol. The van der Waals surface area contributed by atoms with Gasteiger partial charge in [-0.3, -0.25) is 0 Å². The van der Waals surface area contributed by atoms with Crippen LogP contribution in [0.15, 0.2) is 30.3 Å². The van der Waals surface area contributed by atoms with Crippen LogP contribution in [0.3, 0.4) is 0 Å². The Bertz CT molecular complexity index is 427. The van der Waals surface area contributed by atoms with Gasteiger partial charge in [0.05, 0.1) is 0 Å². The molecule has 0 spiro atoms. The summed E-state index contributed by atoms with van der Waals surface area (Å²) in [5, 5.41) is 1.10. The van der Waals surface area contributed by atoms with Crippen LogP contribution in [0, 0.1) is 0 Å². The molecular weight excluding hydrogens is 287 g/mol. The van der Waals surface area contributed by atoms with Crippen LogP contribution < -0.4 is 5.30 Å². The van der Waals surface area contributed by atoms with Gasteiger partial charge in [-0.05, 0) is 12.8 Å². The minimum Gasteiger partial charge on any atom is -0.318 e. The summed E-state index contributed by atoms with van der Waals surface area (Å²) in [6.07, 6.45) is 12.1. The summed E-state index contributed by atoms with van der Waals surface area (Å²) >= 11 is 0. The van der Waals surface area contributed by atoms with Crippen LogP contribution in [-0.2, 0) is 4.57 Å². The Morgan fingerprint density at radius 3 is 2.09 bits per heavy atom. The number of benzene rings is 1. The molecule has 0 aliphatic carbocycles. The third-order valence-corrected chi connectivity index (χ3v) is 8.56. The molecule has 1 aromatic carbocycles. The van der Waals surface area contributed by atoms with Gasteiger partial charge in [0.2, 0.25) is 0 Å². The van der Waals surface area contributed by atoms with Crippen molar-refractivity contribution in [3.63, 3.8) is 0 Å². The second kappa shape index (κ2) is 11.1. The Hall–Kier alpha value is -0.550. The number of hydrogen-bond donors (Lipinski definition) is 0. The topological polar surface area (TPSA) is 17.1 Å². The van der Waals surface area contributed by atoms with Crippen LogP contribution in [-0.4, -0.2) is 11.8 Å². The molecule has 0 aliphatic rings. The smallest absolute Gasteiger partial charge is 0.118 e. The number of rotatable bonds is 12. The molecule has 0 saturated heterocycles. The average molecular weight is 322 g/mol. The molecule has 0 fully saturated rings. The SMILES string of the molecule is CCCCCCCC[C@@H](C)[P@@](=O)(CCCC)c1ccccc1. The predicted molar refractivity (Wildman–Crippen MR) is 101 cm³/mol. The number of unbranched alkanes of at least 4 members (excludes halogenated alkanes) is 6. The lowest BCUT2D eigenvalue weighted by molar-refractivity contribution is 0.551. The van der Waals surface area contributed by atoms with Crippen LogP contribution in [0.2, 0.25) is 0 Å². The Morgan fingerprint density at radius 2 is 1.45 bits per heavy atom. The summed E-state index contributed by atoms with van der Waals surface area (Å²) in [7, 11) is -2.24. The molecular formula is C20H35OP. The fourth-order valence-corrected chi connectivity index (χ4v) is 6.38. The summed E-state index contributed by atoms with van der Waals surface area (Å²) < 4.78 is 13.6. The van der Waals surface area contributed by atoms with Gasteiger partial charge in [-0.2, -0.15) is 0 Å². The van der Waals surface area contributed by atoms with Gasteiger partial charge in [0.25, 0.3) is 0 Å². The Kier molecular flexibility index (Phi) is 9.80. The van der Waals surface area contributed by atoms with Crippen molar-refractivity contribution in [1.82, 2.24) is 0 Å². The molecule has 2 heteroatoms. The van der Waals surface area contributed by atoms with E-state index < -0.39 is 7.14 Å². The van der Waals surface area contributed by atoms with E-state index in [0.717, 1.165) is 30.7 Å². The first-order chi connectivity index (χ1) is 10.6. The lowest BCUT2D eigenvalue weighted by Gasteiger charge is -2.25. The van der Waals surface area contributed by atoms with Gasteiger partial charge in [-0.15, -0.1) is 0 Å². The first-order valence-electron chi connectivity index (χ1n) is 9.29. The van der Waals surface area contributed by atoms with Crippen molar-refractivity contribution in [3.05, 3.63) is 30.3 Å². The van der Waals surface area contributed by atoms with Crippen molar-refractivity contribution in [2.45, 2.75) is 84.2 Å². The van der Waals surface area contributed by atoms with Gasteiger partial charge < -0.3 is 4.57 Å². The molecule has 1 aromatic rings. The van der Waals surface area contributed by atoms with Crippen LogP contribution >= 0.6 is 7.14 Å². The van der Waals surface area contributed by atoms with Crippen molar-refractivity contribution >= 4 is 12.4 Å². The molecule has 0 saturated carbocycles. The molecule has 0 heterocycles. The largest absolute Gasteiger partial charge is 0.318 e. The van der Waals surface area contributed by atoms with Crippen LogP contribution in [0.25, 0.3) is 0 Å². The van der Waals surface area contributed by atoms with Crippen molar-refractivity contribution < 1.29 is 4.57 Å². The predicted octanol–water partition coefficient (Wildman–Crippen LogP) is 6.61. The molecule has 0 unspecified atom stereocenters. The zero-order chi connectivity index (χ0) is 16.3. The molecule has 1 nitrogen and oxygen atoms in total. The molecule has 2 atom stereocenters. The lowest BCUT2D eigenvalue weighted by atomic mass is 10.1. The Morgan fingerprint density at radius 1 is 0.864 bits per heavy atom. The lowest BCUT2D eigenvalue weighted by Crippen LogP contribution is -2.17. The summed E-state index contributed by atoms with van der Waals surface area (Å²) in [6.45, 7) is 6.66. The first-order valence-corrected chi connectivity index (χ1v) is 11.3. The molecule has 0 amide bonds. The van der Waals surface area contributed by atoms with Crippen molar-refractivity contribution in [1.29, 1.82) is 0 Å². The highest BCUT2D eigenvalue weighted by Gasteiger charge is 2.30. The van der Waals surface area contributed by atoms with Gasteiger partial charge in [-0.25, -0.2) is 0 Å². The van der Waals surface area contributed by atoms with Crippen LogP contribution in [0.1, 0.15) is 78.6 Å². The van der Waals surface area contributed by atoms with E-state index in [1.807, 2.05) is 18.2 Å². The maximum atomic E-state index is 13.6. The first kappa shape index (κ1) is 19.5. The molecule has 126 valence electrons. The normalized spacial score (nSPS) is 15.4. The van der Waals surface area contributed by atoms with E-state index in [9.17, 15) is 4.57 Å². The molecule has 0 bridgehead atoms. The van der Waals surface area contributed by atoms with E-state index in [2.05, 4.69) is 32.9 Å². The standard InChI is InChI=1S/C20H35OP/c1-4-6-8-9-10-12-15-19(3)22(21,18-7-5-2)20-16-13-11-14-17-20/h11,13-14,16-17,19H,4-10,12,15,18H2,1-3H3/t19-,22+/m1/s1. The summed E-state index contributed by atoms with van der Waals surface area (Å²) in [6, 6.07) is 10.2.